The Bertz CT molecular complexity index is 603. The summed E-state index contributed by atoms with van der Waals surface area (Å²) in [5, 5.41) is 12.3. The lowest BCUT2D eigenvalue weighted by Gasteiger charge is -2.19. The molecule has 1 aliphatic rings. The number of ether oxygens (including phenoxy) is 1. The van der Waals surface area contributed by atoms with Crippen molar-refractivity contribution in [2.24, 2.45) is 0 Å². The lowest BCUT2D eigenvalue weighted by atomic mass is 10.1. The van der Waals surface area contributed by atoms with E-state index in [0.717, 1.165) is 24.2 Å². The predicted octanol–water partition coefficient (Wildman–Crippen LogP) is 2.23. The monoisotopic (exact) mass is 368 g/mol. The van der Waals surface area contributed by atoms with E-state index in [2.05, 4.69) is 12.2 Å². The largest absolute Gasteiger partial charge is 0.509 e. The fraction of sp³-hybridized carbons (Fsp3) is 0.667. The summed E-state index contributed by atoms with van der Waals surface area (Å²) in [5.74, 6) is -2.46. The zero-order valence-electron chi connectivity index (χ0n) is 15.9. The van der Waals surface area contributed by atoms with Crippen LogP contribution >= 0.6 is 0 Å². The van der Waals surface area contributed by atoms with Crippen LogP contribution in [0.3, 0.4) is 0 Å². The van der Waals surface area contributed by atoms with E-state index in [1.54, 1.807) is 20.8 Å². The summed E-state index contributed by atoms with van der Waals surface area (Å²) in [6, 6.07) is 0. The van der Waals surface area contributed by atoms with Crippen LogP contribution in [0.1, 0.15) is 59.8 Å². The Labute approximate surface area is 153 Å². The van der Waals surface area contributed by atoms with Crippen molar-refractivity contribution in [2.45, 2.75) is 65.4 Å². The number of ketones is 1. The Kier molecular flexibility index (Phi) is 7.79. The number of aliphatic hydroxyl groups excluding tert-OH is 1. The van der Waals surface area contributed by atoms with Gasteiger partial charge in [0, 0.05) is 6.42 Å². The van der Waals surface area contributed by atoms with Crippen molar-refractivity contribution < 1.29 is 29.0 Å². The number of nitrogens with one attached hydrogen (secondary N) is 1. The second-order valence-corrected chi connectivity index (χ2v) is 7.20. The Morgan fingerprint density at radius 1 is 1.19 bits per heavy atom. The molecule has 0 atom stereocenters. The minimum Gasteiger partial charge on any atom is -0.509 e. The number of aliphatic hydroxyl groups is 1. The minimum atomic E-state index is -0.820. The fourth-order valence-corrected chi connectivity index (χ4v) is 2.43. The first-order valence-electron chi connectivity index (χ1n) is 8.83. The number of likely N-dealkylation sites (tertiary alicyclic amines) is 1. The number of carbonyl (C=O) groups is 4. The highest BCUT2D eigenvalue weighted by atomic mass is 16.6. The van der Waals surface area contributed by atoms with Gasteiger partial charge in [0.2, 0.25) is 5.91 Å². The van der Waals surface area contributed by atoms with Crippen LogP contribution < -0.4 is 5.32 Å². The number of alkyl carbamates (subject to hydrolysis) is 1. The molecule has 146 valence electrons. The van der Waals surface area contributed by atoms with Crippen molar-refractivity contribution in [3.05, 3.63) is 11.3 Å². The maximum absolute atomic E-state index is 12.3. The molecule has 0 bridgehead atoms. The third-order valence-corrected chi connectivity index (χ3v) is 3.67. The molecule has 26 heavy (non-hydrogen) atoms. The van der Waals surface area contributed by atoms with Gasteiger partial charge in [-0.05, 0) is 27.2 Å². The molecule has 1 rings (SSSR count). The van der Waals surface area contributed by atoms with Crippen molar-refractivity contribution in [3.8, 4) is 0 Å². The van der Waals surface area contributed by atoms with Crippen LogP contribution in [0.15, 0.2) is 11.3 Å². The molecule has 1 saturated heterocycles. The molecular weight excluding hydrogens is 340 g/mol. The molecule has 1 heterocycles. The van der Waals surface area contributed by atoms with Gasteiger partial charge in [0.1, 0.15) is 16.9 Å². The molecule has 0 aromatic heterocycles. The van der Waals surface area contributed by atoms with Gasteiger partial charge in [0.25, 0.3) is 5.91 Å². The van der Waals surface area contributed by atoms with Crippen LogP contribution in [0, 0.1) is 0 Å². The normalized spacial score (nSPS) is 16.7. The standard InChI is InChI=1S/C18H28N2O6/c1-5-6-7-8-9-14(23)20-11-13(22)15(16(20)24)12(21)10-19-17(25)26-18(2,3)4/h21H,5-11H2,1-4H3,(H,19,25)/b15-12-. The van der Waals surface area contributed by atoms with Crippen LogP contribution in [0.4, 0.5) is 4.79 Å². The number of carbonyl (C=O) groups excluding carboxylic acids is 4. The van der Waals surface area contributed by atoms with E-state index in [1.165, 1.54) is 0 Å². The number of imide groups is 1. The van der Waals surface area contributed by atoms with E-state index in [9.17, 15) is 24.3 Å². The number of hydrogen-bond donors (Lipinski definition) is 2. The Morgan fingerprint density at radius 2 is 1.85 bits per heavy atom. The molecule has 1 aliphatic heterocycles. The summed E-state index contributed by atoms with van der Waals surface area (Å²) >= 11 is 0. The Balaban J connectivity index is 2.67. The first-order chi connectivity index (χ1) is 12.1. The Morgan fingerprint density at radius 3 is 2.42 bits per heavy atom. The number of hydrogen-bond acceptors (Lipinski definition) is 6. The third-order valence-electron chi connectivity index (χ3n) is 3.67. The van der Waals surface area contributed by atoms with Gasteiger partial charge in [-0.2, -0.15) is 0 Å². The molecule has 0 unspecified atom stereocenters. The van der Waals surface area contributed by atoms with Gasteiger partial charge in [-0.25, -0.2) is 4.79 Å². The fourth-order valence-electron chi connectivity index (χ4n) is 2.43. The molecule has 0 saturated carbocycles. The zero-order valence-corrected chi connectivity index (χ0v) is 15.9. The zero-order chi connectivity index (χ0) is 19.9. The van der Waals surface area contributed by atoms with Crippen molar-refractivity contribution in [2.75, 3.05) is 13.1 Å². The van der Waals surface area contributed by atoms with Gasteiger partial charge in [-0.3, -0.25) is 19.3 Å². The van der Waals surface area contributed by atoms with Crippen LogP contribution in [0.2, 0.25) is 0 Å². The summed E-state index contributed by atoms with van der Waals surface area (Å²) in [7, 11) is 0. The van der Waals surface area contributed by atoms with Gasteiger partial charge in [0.15, 0.2) is 5.78 Å². The molecule has 2 N–H and O–H groups in total. The summed E-state index contributed by atoms with van der Waals surface area (Å²) in [6.45, 7) is 6.28. The first-order valence-corrected chi connectivity index (χ1v) is 8.83. The van der Waals surface area contributed by atoms with Crippen LogP contribution in [0.25, 0.3) is 0 Å². The van der Waals surface area contributed by atoms with Gasteiger partial charge in [-0.15, -0.1) is 0 Å². The number of Topliss-reactive ketones (excluding diaryl/α,β-unsaturated/α-hetero) is 1. The summed E-state index contributed by atoms with van der Waals surface area (Å²) < 4.78 is 5.01. The van der Waals surface area contributed by atoms with Crippen LogP contribution in [-0.4, -0.2) is 52.4 Å². The topological polar surface area (TPSA) is 113 Å². The Hall–Kier alpha value is -2.38. The molecule has 0 aliphatic carbocycles. The van der Waals surface area contributed by atoms with E-state index >= 15 is 0 Å². The lowest BCUT2D eigenvalue weighted by Crippen LogP contribution is -2.34. The van der Waals surface area contributed by atoms with Gasteiger partial charge < -0.3 is 15.2 Å². The highest BCUT2D eigenvalue weighted by molar-refractivity contribution is 6.29. The SMILES string of the molecule is CCCCCCC(=O)N1CC(=O)/C(=C(/O)CNC(=O)OC(C)(C)C)C1=O. The molecule has 3 amide bonds. The summed E-state index contributed by atoms with van der Waals surface area (Å²) in [6.07, 6.45) is 2.96. The average Bonchev–Trinajstić information content (AvgIpc) is 2.82. The first kappa shape index (κ1) is 21.7. The van der Waals surface area contributed by atoms with Gasteiger partial charge >= 0.3 is 6.09 Å². The summed E-state index contributed by atoms with van der Waals surface area (Å²) in [4.78, 5) is 48.9. The number of nitrogens with zero attached hydrogens (tertiary/aromatic N) is 1. The van der Waals surface area contributed by atoms with Gasteiger partial charge in [-0.1, -0.05) is 26.2 Å². The van der Waals surface area contributed by atoms with E-state index in [1.807, 2.05) is 0 Å². The maximum Gasteiger partial charge on any atom is 0.408 e. The van der Waals surface area contributed by atoms with Crippen molar-refractivity contribution in [3.63, 3.8) is 0 Å². The van der Waals surface area contributed by atoms with E-state index in [-0.39, 0.29) is 13.0 Å². The van der Waals surface area contributed by atoms with Crippen LogP contribution in [-0.2, 0) is 19.1 Å². The number of amides is 3. The van der Waals surface area contributed by atoms with E-state index < -0.39 is 47.2 Å². The van der Waals surface area contributed by atoms with E-state index in [0.29, 0.717) is 6.42 Å². The molecule has 8 nitrogen and oxygen atoms in total. The molecule has 0 radical (unpaired) electrons. The molecule has 8 heteroatoms. The smallest absolute Gasteiger partial charge is 0.408 e. The molecule has 0 spiro atoms. The molecule has 0 aromatic carbocycles. The number of unbranched alkanes of at least 4 members (excludes halogenated alkanes) is 3. The molecular formula is C18H28N2O6. The second-order valence-electron chi connectivity index (χ2n) is 7.20. The van der Waals surface area contributed by atoms with Crippen LogP contribution in [0.5, 0.6) is 0 Å². The molecule has 1 fully saturated rings. The van der Waals surface area contributed by atoms with Gasteiger partial charge in [0.05, 0.1) is 13.1 Å². The molecule has 0 aromatic rings. The highest BCUT2D eigenvalue weighted by Crippen LogP contribution is 2.19. The summed E-state index contributed by atoms with van der Waals surface area (Å²) in [5.41, 5.74) is -1.17. The number of rotatable bonds is 7. The van der Waals surface area contributed by atoms with Crippen molar-refractivity contribution >= 4 is 23.7 Å². The lowest BCUT2D eigenvalue weighted by molar-refractivity contribution is -0.141. The average molecular weight is 368 g/mol. The minimum absolute atomic E-state index is 0.184. The predicted molar refractivity (Wildman–Crippen MR) is 94.4 cm³/mol. The second kappa shape index (κ2) is 9.35. The highest BCUT2D eigenvalue weighted by Gasteiger charge is 2.39. The maximum atomic E-state index is 12.3. The van der Waals surface area contributed by atoms with Crippen molar-refractivity contribution in [1.29, 1.82) is 0 Å². The van der Waals surface area contributed by atoms with E-state index in [4.69, 9.17) is 4.74 Å². The third kappa shape index (κ3) is 6.50. The van der Waals surface area contributed by atoms with Crippen molar-refractivity contribution in [1.82, 2.24) is 10.2 Å². The quantitative estimate of drug-likeness (QED) is 0.308.